The van der Waals surface area contributed by atoms with E-state index in [1.54, 1.807) is 6.07 Å². The third-order valence-electron chi connectivity index (χ3n) is 2.04. The fourth-order valence-electron chi connectivity index (χ4n) is 1.26. The van der Waals surface area contributed by atoms with Gasteiger partial charge in [-0.25, -0.2) is 0 Å². The summed E-state index contributed by atoms with van der Waals surface area (Å²) in [6, 6.07) is 6.56. The first kappa shape index (κ1) is 13.8. The largest absolute Gasteiger partial charge is 0.418 e. The Kier molecular flexibility index (Phi) is 4.54. The maximum absolute atomic E-state index is 12.6. The molecule has 0 saturated carbocycles. The molecule has 18 heavy (non-hydrogen) atoms. The monoisotopic (exact) mass is 257 g/mol. The standard InChI is InChI=1S/C11H10F3N3O/c12-11(13,14)8-3-1-2-4-9(8)17-7-10(18)16-6-5-15/h1-4,17H,6-7H2,(H,16,18). The lowest BCUT2D eigenvalue weighted by atomic mass is 10.1. The topological polar surface area (TPSA) is 64.9 Å². The number of rotatable bonds is 4. The number of hydrogen-bond donors (Lipinski definition) is 2. The molecule has 0 spiro atoms. The SMILES string of the molecule is N#CCNC(=O)CNc1ccccc1C(F)(F)F. The van der Waals surface area contributed by atoms with Crippen LogP contribution >= 0.6 is 0 Å². The molecule has 0 bridgehead atoms. The first-order chi connectivity index (χ1) is 8.45. The fourth-order valence-corrected chi connectivity index (χ4v) is 1.26. The number of para-hydroxylation sites is 1. The molecule has 1 aromatic rings. The van der Waals surface area contributed by atoms with Gasteiger partial charge >= 0.3 is 6.18 Å². The normalized spacial score (nSPS) is 10.6. The Hall–Kier alpha value is -2.23. The Morgan fingerprint density at radius 3 is 2.61 bits per heavy atom. The summed E-state index contributed by atoms with van der Waals surface area (Å²) in [7, 11) is 0. The van der Waals surface area contributed by atoms with Gasteiger partial charge in [0.05, 0.1) is 18.2 Å². The second-order valence-electron chi connectivity index (χ2n) is 3.33. The average Bonchev–Trinajstić information content (AvgIpc) is 2.33. The lowest BCUT2D eigenvalue weighted by Crippen LogP contribution is -2.30. The molecule has 1 rings (SSSR count). The lowest BCUT2D eigenvalue weighted by Gasteiger charge is -2.13. The van der Waals surface area contributed by atoms with Gasteiger partial charge in [0, 0.05) is 5.69 Å². The van der Waals surface area contributed by atoms with E-state index in [0.29, 0.717) is 0 Å². The van der Waals surface area contributed by atoms with Gasteiger partial charge in [0.1, 0.15) is 6.54 Å². The fraction of sp³-hybridized carbons (Fsp3) is 0.273. The molecular weight excluding hydrogens is 247 g/mol. The quantitative estimate of drug-likeness (QED) is 0.808. The molecule has 4 nitrogen and oxygen atoms in total. The third-order valence-corrected chi connectivity index (χ3v) is 2.04. The highest BCUT2D eigenvalue weighted by Crippen LogP contribution is 2.34. The molecule has 2 N–H and O–H groups in total. The van der Waals surface area contributed by atoms with Gasteiger partial charge in [-0.15, -0.1) is 0 Å². The zero-order chi connectivity index (χ0) is 13.6. The maximum atomic E-state index is 12.6. The number of nitriles is 1. The summed E-state index contributed by atoms with van der Waals surface area (Å²) >= 11 is 0. The Morgan fingerprint density at radius 1 is 1.33 bits per heavy atom. The van der Waals surface area contributed by atoms with E-state index in [-0.39, 0.29) is 18.8 Å². The van der Waals surface area contributed by atoms with Gasteiger partial charge in [-0.2, -0.15) is 18.4 Å². The summed E-state index contributed by atoms with van der Waals surface area (Å²) in [5.74, 6) is -0.548. The van der Waals surface area contributed by atoms with Gasteiger partial charge in [0.25, 0.3) is 0 Å². The van der Waals surface area contributed by atoms with Crippen molar-refractivity contribution in [2.24, 2.45) is 0 Å². The minimum absolute atomic E-state index is 0.169. The molecule has 0 heterocycles. The molecule has 0 saturated heterocycles. The van der Waals surface area contributed by atoms with Crippen molar-refractivity contribution in [1.82, 2.24) is 5.32 Å². The van der Waals surface area contributed by atoms with E-state index >= 15 is 0 Å². The summed E-state index contributed by atoms with van der Waals surface area (Å²) < 4.78 is 37.8. The number of amides is 1. The van der Waals surface area contributed by atoms with Crippen molar-refractivity contribution < 1.29 is 18.0 Å². The van der Waals surface area contributed by atoms with Crippen molar-refractivity contribution in [3.63, 3.8) is 0 Å². The van der Waals surface area contributed by atoms with Crippen LogP contribution in [0.5, 0.6) is 0 Å². The zero-order valence-corrected chi connectivity index (χ0v) is 9.21. The summed E-state index contributed by atoms with van der Waals surface area (Å²) in [6.07, 6.45) is -4.48. The first-order valence-electron chi connectivity index (χ1n) is 4.99. The van der Waals surface area contributed by atoms with Crippen LogP contribution in [0.4, 0.5) is 18.9 Å². The number of alkyl halides is 3. The molecule has 1 amide bonds. The Morgan fingerprint density at radius 2 is 2.00 bits per heavy atom. The van der Waals surface area contributed by atoms with Crippen LogP contribution in [0.2, 0.25) is 0 Å². The van der Waals surface area contributed by atoms with Gasteiger partial charge in [-0.05, 0) is 12.1 Å². The van der Waals surface area contributed by atoms with E-state index < -0.39 is 17.6 Å². The molecule has 0 fully saturated rings. The molecule has 96 valence electrons. The van der Waals surface area contributed by atoms with E-state index in [2.05, 4.69) is 10.6 Å². The van der Waals surface area contributed by atoms with Crippen LogP contribution in [-0.2, 0) is 11.0 Å². The average molecular weight is 257 g/mol. The van der Waals surface area contributed by atoms with Crippen molar-refractivity contribution in [3.8, 4) is 6.07 Å². The van der Waals surface area contributed by atoms with E-state index in [4.69, 9.17) is 5.26 Å². The molecule has 0 aromatic heterocycles. The van der Waals surface area contributed by atoms with Crippen LogP contribution < -0.4 is 10.6 Å². The second-order valence-corrected chi connectivity index (χ2v) is 3.33. The second kappa shape index (κ2) is 5.91. The van der Waals surface area contributed by atoms with E-state index in [1.807, 2.05) is 0 Å². The van der Waals surface area contributed by atoms with Gasteiger partial charge in [0.2, 0.25) is 5.91 Å². The number of nitrogens with zero attached hydrogens (tertiary/aromatic N) is 1. The maximum Gasteiger partial charge on any atom is 0.418 e. The molecule has 0 atom stereocenters. The van der Waals surface area contributed by atoms with E-state index in [1.165, 1.54) is 18.2 Å². The first-order valence-corrected chi connectivity index (χ1v) is 4.99. The highest BCUT2D eigenvalue weighted by Gasteiger charge is 2.33. The number of nitrogens with one attached hydrogen (secondary N) is 2. The molecular formula is C11H10F3N3O. The van der Waals surface area contributed by atoms with Crippen molar-refractivity contribution in [1.29, 1.82) is 5.26 Å². The van der Waals surface area contributed by atoms with Crippen molar-refractivity contribution in [2.75, 3.05) is 18.4 Å². The Balaban J connectivity index is 2.68. The Labute approximate surface area is 101 Å². The Bertz CT molecular complexity index is 465. The van der Waals surface area contributed by atoms with E-state index in [9.17, 15) is 18.0 Å². The number of hydrogen-bond acceptors (Lipinski definition) is 3. The number of halogens is 3. The molecule has 0 aliphatic rings. The van der Waals surface area contributed by atoms with E-state index in [0.717, 1.165) is 6.07 Å². The summed E-state index contributed by atoms with van der Waals surface area (Å²) in [4.78, 5) is 11.1. The minimum Gasteiger partial charge on any atom is -0.376 e. The molecule has 0 aliphatic heterocycles. The van der Waals surface area contributed by atoms with Crippen LogP contribution in [0.15, 0.2) is 24.3 Å². The highest BCUT2D eigenvalue weighted by molar-refractivity contribution is 5.81. The zero-order valence-electron chi connectivity index (χ0n) is 9.21. The van der Waals surface area contributed by atoms with Crippen LogP contribution in [0.1, 0.15) is 5.56 Å². The molecule has 1 aromatic carbocycles. The number of anilines is 1. The smallest absolute Gasteiger partial charge is 0.376 e. The van der Waals surface area contributed by atoms with Crippen LogP contribution in [0, 0.1) is 11.3 Å². The van der Waals surface area contributed by atoms with Crippen LogP contribution in [0.3, 0.4) is 0 Å². The number of benzene rings is 1. The molecule has 0 radical (unpaired) electrons. The summed E-state index contributed by atoms with van der Waals surface area (Å²) in [5, 5.41) is 12.8. The van der Waals surface area contributed by atoms with Gasteiger partial charge in [-0.1, -0.05) is 12.1 Å². The molecule has 7 heteroatoms. The van der Waals surface area contributed by atoms with Crippen LogP contribution in [-0.4, -0.2) is 19.0 Å². The molecule has 0 unspecified atom stereocenters. The van der Waals surface area contributed by atoms with Gasteiger partial charge < -0.3 is 10.6 Å². The predicted octanol–water partition coefficient (Wildman–Crippen LogP) is 1.76. The number of carbonyl (C=O) groups is 1. The lowest BCUT2D eigenvalue weighted by molar-refractivity contribution is -0.137. The summed E-state index contributed by atoms with van der Waals surface area (Å²) in [5.41, 5.74) is -1.00. The molecule has 0 aliphatic carbocycles. The highest BCUT2D eigenvalue weighted by atomic mass is 19.4. The third kappa shape index (κ3) is 3.97. The summed E-state index contributed by atoms with van der Waals surface area (Å²) in [6.45, 7) is -0.504. The number of carbonyl (C=O) groups excluding carboxylic acids is 1. The van der Waals surface area contributed by atoms with Gasteiger partial charge in [0.15, 0.2) is 0 Å². The van der Waals surface area contributed by atoms with Gasteiger partial charge in [-0.3, -0.25) is 4.79 Å². The van der Waals surface area contributed by atoms with Crippen molar-refractivity contribution >= 4 is 11.6 Å². The van der Waals surface area contributed by atoms with Crippen molar-refractivity contribution in [3.05, 3.63) is 29.8 Å². The minimum atomic E-state index is -4.48. The van der Waals surface area contributed by atoms with Crippen LogP contribution in [0.25, 0.3) is 0 Å². The predicted molar refractivity (Wildman–Crippen MR) is 58.6 cm³/mol. The van der Waals surface area contributed by atoms with Crippen molar-refractivity contribution in [2.45, 2.75) is 6.18 Å².